The van der Waals surface area contributed by atoms with E-state index in [9.17, 15) is 4.79 Å². The molecule has 16 heavy (non-hydrogen) atoms. The predicted molar refractivity (Wildman–Crippen MR) is 61.1 cm³/mol. The number of pyridine rings is 1. The van der Waals surface area contributed by atoms with Gasteiger partial charge in [0.15, 0.2) is 0 Å². The number of nitrogens with zero attached hydrogens (tertiary/aromatic N) is 1. The Labute approximate surface area is 93.5 Å². The Hall–Kier alpha value is -1.81. The first-order chi connectivity index (χ1) is 7.86. The lowest BCUT2D eigenvalue weighted by atomic mass is 10.3. The summed E-state index contributed by atoms with van der Waals surface area (Å²) in [7, 11) is 0. The van der Waals surface area contributed by atoms with Crippen LogP contribution in [0.25, 0.3) is 0 Å². The third kappa shape index (κ3) is 2.84. The fourth-order valence-corrected chi connectivity index (χ4v) is 1.47. The number of hydrogen-bond donors (Lipinski definition) is 1. The summed E-state index contributed by atoms with van der Waals surface area (Å²) in [6.45, 7) is 2.20. The highest BCUT2D eigenvalue weighted by Gasteiger charge is 1.95. The largest absolute Gasteiger partial charge is 0.472 e. The molecular weight excluding hydrogens is 204 g/mol. The maximum Gasteiger partial charge on any atom is 0.250 e. The van der Waals surface area contributed by atoms with Crippen LogP contribution >= 0.6 is 0 Å². The van der Waals surface area contributed by atoms with Gasteiger partial charge in [0.05, 0.1) is 12.5 Å². The van der Waals surface area contributed by atoms with Gasteiger partial charge in [-0.3, -0.25) is 4.79 Å². The van der Waals surface area contributed by atoms with Crippen LogP contribution in [0.2, 0.25) is 0 Å². The predicted octanol–water partition coefficient (Wildman–Crippen LogP) is 1.23. The minimum atomic E-state index is 0.0348. The summed E-state index contributed by atoms with van der Waals surface area (Å²) in [5, 5.41) is 3.24. The molecule has 0 spiro atoms. The maximum absolute atomic E-state index is 11.4. The first-order valence-electron chi connectivity index (χ1n) is 5.23. The molecule has 1 N–H and O–H groups in total. The molecule has 0 bridgehead atoms. The molecule has 0 fully saturated rings. The molecule has 0 aromatic carbocycles. The van der Waals surface area contributed by atoms with Gasteiger partial charge < -0.3 is 14.3 Å². The number of aromatic nitrogens is 1. The summed E-state index contributed by atoms with van der Waals surface area (Å²) in [5.74, 6) is 0. The maximum atomic E-state index is 11.4. The lowest BCUT2D eigenvalue weighted by Gasteiger charge is -2.05. The zero-order valence-corrected chi connectivity index (χ0v) is 8.93. The van der Waals surface area contributed by atoms with Gasteiger partial charge in [-0.1, -0.05) is 6.07 Å². The highest BCUT2D eigenvalue weighted by Crippen LogP contribution is 1.97. The number of nitrogens with one attached hydrogen (secondary N) is 1. The van der Waals surface area contributed by atoms with Gasteiger partial charge in [0.25, 0.3) is 5.56 Å². The van der Waals surface area contributed by atoms with E-state index in [0.717, 1.165) is 18.7 Å². The van der Waals surface area contributed by atoms with Crippen LogP contribution in [0, 0.1) is 0 Å². The molecule has 0 radical (unpaired) electrons. The van der Waals surface area contributed by atoms with Crippen LogP contribution in [0.5, 0.6) is 0 Å². The standard InChI is InChI=1S/C12H14N2O2/c15-12-3-1-2-6-14(12)7-5-13-9-11-4-8-16-10-11/h1-4,6,8,10,13H,5,7,9H2. The average Bonchev–Trinajstić information content (AvgIpc) is 2.79. The van der Waals surface area contributed by atoms with Crippen molar-refractivity contribution >= 4 is 0 Å². The number of rotatable bonds is 5. The third-order valence-electron chi connectivity index (χ3n) is 2.34. The summed E-state index contributed by atoms with van der Waals surface area (Å²) in [6, 6.07) is 7.09. The Bertz CT molecular complexity index is 474. The minimum absolute atomic E-state index is 0.0348. The van der Waals surface area contributed by atoms with Crippen molar-refractivity contribution in [3.63, 3.8) is 0 Å². The van der Waals surface area contributed by atoms with E-state index < -0.39 is 0 Å². The third-order valence-corrected chi connectivity index (χ3v) is 2.34. The molecule has 2 rings (SSSR count). The van der Waals surface area contributed by atoms with Crippen LogP contribution in [-0.2, 0) is 13.1 Å². The molecule has 0 amide bonds. The fraction of sp³-hybridized carbons (Fsp3) is 0.250. The highest BCUT2D eigenvalue weighted by atomic mass is 16.3. The number of furan rings is 1. The Kier molecular flexibility index (Phi) is 3.56. The van der Waals surface area contributed by atoms with E-state index in [1.807, 2.05) is 12.1 Å². The molecule has 0 saturated carbocycles. The van der Waals surface area contributed by atoms with E-state index in [-0.39, 0.29) is 5.56 Å². The lowest BCUT2D eigenvalue weighted by Crippen LogP contribution is -2.25. The summed E-state index contributed by atoms with van der Waals surface area (Å²) >= 11 is 0. The average molecular weight is 218 g/mol. The van der Waals surface area contributed by atoms with Gasteiger partial charge in [0.2, 0.25) is 0 Å². The second kappa shape index (κ2) is 5.32. The Morgan fingerprint density at radius 1 is 1.31 bits per heavy atom. The fourth-order valence-electron chi connectivity index (χ4n) is 1.47. The minimum Gasteiger partial charge on any atom is -0.472 e. The second-order valence-electron chi connectivity index (χ2n) is 3.54. The van der Waals surface area contributed by atoms with Gasteiger partial charge in [-0.25, -0.2) is 0 Å². The van der Waals surface area contributed by atoms with Crippen molar-refractivity contribution in [1.29, 1.82) is 0 Å². The SMILES string of the molecule is O=c1ccccn1CCNCc1ccoc1. The normalized spacial score (nSPS) is 10.5. The van der Waals surface area contributed by atoms with Crippen LogP contribution in [0.15, 0.2) is 52.2 Å². The van der Waals surface area contributed by atoms with Crippen LogP contribution in [-0.4, -0.2) is 11.1 Å². The van der Waals surface area contributed by atoms with Crippen molar-refractivity contribution in [3.05, 3.63) is 58.9 Å². The van der Waals surface area contributed by atoms with Crippen LogP contribution in [0.4, 0.5) is 0 Å². The monoisotopic (exact) mass is 218 g/mol. The van der Waals surface area contributed by atoms with Gasteiger partial charge in [-0.05, 0) is 12.1 Å². The van der Waals surface area contributed by atoms with Crippen molar-refractivity contribution in [3.8, 4) is 0 Å². The molecule has 0 atom stereocenters. The first kappa shape index (κ1) is 10.7. The summed E-state index contributed by atoms with van der Waals surface area (Å²) in [6.07, 6.45) is 5.16. The molecule has 0 aliphatic rings. The summed E-state index contributed by atoms with van der Waals surface area (Å²) in [5.41, 5.74) is 1.15. The first-order valence-corrected chi connectivity index (χ1v) is 5.23. The van der Waals surface area contributed by atoms with Crippen molar-refractivity contribution in [2.24, 2.45) is 0 Å². The molecule has 84 valence electrons. The highest BCUT2D eigenvalue weighted by molar-refractivity contribution is 5.04. The molecule has 2 heterocycles. The van der Waals surface area contributed by atoms with Crippen LogP contribution in [0.3, 0.4) is 0 Å². The van der Waals surface area contributed by atoms with E-state index in [0.29, 0.717) is 6.54 Å². The molecule has 0 unspecified atom stereocenters. The van der Waals surface area contributed by atoms with Crippen molar-refractivity contribution < 1.29 is 4.42 Å². The number of hydrogen-bond acceptors (Lipinski definition) is 3. The van der Waals surface area contributed by atoms with Crippen molar-refractivity contribution in [2.45, 2.75) is 13.1 Å². The van der Waals surface area contributed by atoms with Crippen molar-refractivity contribution in [2.75, 3.05) is 6.54 Å². The Morgan fingerprint density at radius 2 is 2.25 bits per heavy atom. The van der Waals surface area contributed by atoms with E-state index in [1.165, 1.54) is 0 Å². The van der Waals surface area contributed by atoms with Gasteiger partial charge in [-0.15, -0.1) is 0 Å². The Morgan fingerprint density at radius 3 is 3.00 bits per heavy atom. The van der Waals surface area contributed by atoms with E-state index in [4.69, 9.17) is 4.42 Å². The lowest BCUT2D eigenvalue weighted by molar-refractivity contribution is 0.554. The summed E-state index contributed by atoms with van der Waals surface area (Å²) < 4.78 is 6.64. The quantitative estimate of drug-likeness (QED) is 0.768. The van der Waals surface area contributed by atoms with Crippen LogP contribution < -0.4 is 10.9 Å². The molecule has 2 aromatic rings. The zero-order valence-electron chi connectivity index (χ0n) is 8.93. The smallest absolute Gasteiger partial charge is 0.250 e. The molecule has 0 aliphatic carbocycles. The van der Waals surface area contributed by atoms with E-state index >= 15 is 0 Å². The molecule has 4 heteroatoms. The molecule has 0 aliphatic heterocycles. The summed E-state index contributed by atoms with van der Waals surface area (Å²) in [4.78, 5) is 11.4. The van der Waals surface area contributed by atoms with Gasteiger partial charge in [0, 0.05) is 37.5 Å². The second-order valence-corrected chi connectivity index (χ2v) is 3.54. The molecule has 0 saturated heterocycles. The topological polar surface area (TPSA) is 47.2 Å². The molecular formula is C12H14N2O2. The van der Waals surface area contributed by atoms with Crippen molar-refractivity contribution in [1.82, 2.24) is 9.88 Å². The zero-order chi connectivity index (χ0) is 11.2. The molecule has 4 nitrogen and oxygen atoms in total. The molecule has 2 aromatic heterocycles. The Balaban J connectivity index is 1.76. The van der Waals surface area contributed by atoms with E-state index in [2.05, 4.69) is 5.32 Å². The van der Waals surface area contributed by atoms with Gasteiger partial charge in [-0.2, -0.15) is 0 Å². The van der Waals surface area contributed by atoms with E-state index in [1.54, 1.807) is 35.4 Å². The van der Waals surface area contributed by atoms with Gasteiger partial charge >= 0.3 is 0 Å². The van der Waals surface area contributed by atoms with Gasteiger partial charge in [0.1, 0.15) is 0 Å². The van der Waals surface area contributed by atoms with Crippen LogP contribution in [0.1, 0.15) is 5.56 Å².